The van der Waals surface area contributed by atoms with Gasteiger partial charge < -0.3 is 14.5 Å². The molecule has 2 aromatic rings. The summed E-state index contributed by atoms with van der Waals surface area (Å²) in [6.45, 7) is 8.81. The third kappa shape index (κ3) is 7.83. The van der Waals surface area contributed by atoms with Crippen molar-refractivity contribution in [2.45, 2.75) is 33.1 Å². The van der Waals surface area contributed by atoms with Crippen molar-refractivity contribution < 1.29 is 27.1 Å². The van der Waals surface area contributed by atoms with Crippen molar-refractivity contribution in [1.29, 1.82) is 0 Å². The summed E-state index contributed by atoms with van der Waals surface area (Å²) >= 11 is 0. The summed E-state index contributed by atoms with van der Waals surface area (Å²) in [7, 11) is 0. The molecule has 0 atom stereocenters. The van der Waals surface area contributed by atoms with Crippen molar-refractivity contribution in [2.24, 2.45) is 5.92 Å². The predicted octanol–water partition coefficient (Wildman–Crippen LogP) is 3.41. The molecule has 0 aliphatic carbocycles. The summed E-state index contributed by atoms with van der Waals surface area (Å²) < 4.78 is 51.4. The molecule has 10 heteroatoms. The first-order valence-electron chi connectivity index (χ1n) is 11.1. The highest BCUT2D eigenvalue weighted by Crippen LogP contribution is 2.32. The molecule has 2 heterocycles. The van der Waals surface area contributed by atoms with Crippen molar-refractivity contribution in [3.63, 3.8) is 0 Å². The van der Waals surface area contributed by atoms with E-state index in [2.05, 4.69) is 15.2 Å². The van der Waals surface area contributed by atoms with Crippen LogP contribution in [-0.4, -0.2) is 66.6 Å². The van der Waals surface area contributed by atoms with Crippen LogP contribution in [0.3, 0.4) is 0 Å². The number of nitrogens with zero attached hydrogens (tertiary/aromatic N) is 3. The topological polar surface area (TPSA) is 70.8 Å². The molecule has 1 aliphatic rings. The number of rotatable bonds is 10. The van der Waals surface area contributed by atoms with Gasteiger partial charge in [0.05, 0.1) is 25.3 Å². The van der Waals surface area contributed by atoms with Crippen LogP contribution in [0.25, 0.3) is 0 Å². The smallest absolute Gasteiger partial charge is 0.416 e. The molecule has 182 valence electrons. The van der Waals surface area contributed by atoms with Gasteiger partial charge in [0.1, 0.15) is 6.26 Å². The number of ether oxygens (including phenoxy) is 1. The average Bonchev–Trinajstić information content (AvgIpc) is 3.25. The van der Waals surface area contributed by atoms with E-state index in [4.69, 9.17) is 9.15 Å². The standard InChI is InChI=1S/C23H31F3N4O3/c1-17(2)13-27-22(31)20-16-33-21(28-20)15-30(8-7-29-9-11-32-12-10-29)14-18-5-3-4-6-19(18)23(24,25)26/h3-6,16-17H,7-15H2,1-2H3,(H,27,31). The number of alkyl halides is 3. The fraction of sp³-hybridized carbons (Fsp3) is 0.565. The minimum Gasteiger partial charge on any atom is -0.447 e. The Balaban J connectivity index is 1.72. The van der Waals surface area contributed by atoms with Gasteiger partial charge >= 0.3 is 6.18 Å². The number of aromatic nitrogens is 1. The molecule has 33 heavy (non-hydrogen) atoms. The van der Waals surface area contributed by atoms with Gasteiger partial charge in [0, 0.05) is 39.3 Å². The second-order valence-corrected chi connectivity index (χ2v) is 8.55. The average molecular weight is 469 g/mol. The Kier molecular flexibility index (Phi) is 8.87. The fourth-order valence-corrected chi connectivity index (χ4v) is 3.56. The number of halogens is 3. The molecule has 7 nitrogen and oxygen atoms in total. The van der Waals surface area contributed by atoms with E-state index in [1.54, 1.807) is 6.07 Å². The van der Waals surface area contributed by atoms with Crippen molar-refractivity contribution >= 4 is 5.91 Å². The van der Waals surface area contributed by atoms with Crippen LogP contribution in [0, 0.1) is 5.92 Å². The molecule has 0 spiro atoms. The Labute approximate surface area is 191 Å². The van der Waals surface area contributed by atoms with Gasteiger partial charge in [0.25, 0.3) is 5.91 Å². The lowest BCUT2D eigenvalue weighted by Gasteiger charge is -2.30. The van der Waals surface area contributed by atoms with Crippen molar-refractivity contribution in [1.82, 2.24) is 20.1 Å². The van der Waals surface area contributed by atoms with Gasteiger partial charge in [0.15, 0.2) is 5.69 Å². The number of carbonyl (C=O) groups excluding carboxylic acids is 1. The Morgan fingerprint density at radius 2 is 1.94 bits per heavy atom. The number of morpholine rings is 1. The van der Waals surface area contributed by atoms with E-state index in [1.807, 2.05) is 18.7 Å². The lowest BCUT2D eigenvalue weighted by molar-refractivity contribution is -0.138. The Bertz CT molecular complexity index is 895. The summed E-state index contributed by atoms with van der Waals surface area (Å²) in [6.07, 6.45) is -3.15. The number of nitrogens with one attached hydrogen (secondary N) is 1. The first-order valence-corrected chi connectivity index (χ1v) is 11.1. The Morgan fingerprint density at radius 3 is 2.64 bits per heavy atom. The highest BCUT2D eigenvalue weighted by Gasteiger charge is 2.33. The zero-order valence-electron chi connectivity index (χ0n) is 19.0. The van der Waals surface area contributed by atoms with E-state index >= 15 is 0 Å². The zero-order chi connectivity index (χ0) is 23.8. The van der Waals surface area contributed by atoms with E-state index in [-0.39, 0.29) is 36.1 Å². The largest absolute Gasteiger partial charge is 0.447 e. The van der Waals surface area contributed by atoms with E-state index in [0.29, 0.717) is 38.8 Å². The molecule has 1 amide bonds. The molecule has 1 saturated heterocycles. The normalized spacial score (nSPS) is 15.4. The number of hydrogen-bond acceptors (Lipinski definition) is 6. The monoisotopic (exact) mass is 468 g/mol. The second-order valence-electron chi connectivity index (χ2n) is 8.55. The van der Waals surface area contributed by atoms with Crippen molar-refractivity contribution in [2.75, 3.05) is 45.9 Å². The van der Waals surface area contributed by atoms with Gasteiger partial charge in [0.2, 0.25) is 5.89 Å². The van der Waals surface area contributed by atoms with E-state index < -0.39 is 11.7 Å². The number of benzene rings is 1. The van der Waals surface area contributed by atoms with Crippen LogP contribution in [-0.2, 0) is 24.0 Å². The zero-order valence-corrected chi connectivity index (χ0v) is 19.0. The highest BCUT2D eigenvalue weighted by molar-refractivity contribution is 5.91. The minimum atomic E-state index is -4.43. The summed E-state index contributed by atoms with van der Waals surface area (Å²) in [5.74, 6) is 0.252. The van der Waals surface area contributed by atoms with Gasteiger partial charge in [-0.15, -0.1) is 0 Å². The Morgan fingerprint density at radius 1 is 1.21 bits per heavy atom. The summed E-state index contributed by atoms with van der Waals surface area (Å²) in [6, 6.07) is 5.58. The SMILES string of the molecule is CC(C)CNC(=O)c1coc(CN(CCN2CCOCC2)Cc2ccccc2C(F)(F)F)n1. The number of amides is 1. The third-order valence-electron chi connectivity index (χ3n) is 5.37. The molecule has 1 aromatic carbocycles. The molecule has 1 fully saturated rings. The molecule has 1 N–H and O–H groups in total. The van der Waals surface area contributed by atoms with E-state index in [9.17, 15) is 18.0 Å². The van der Waals surface area contributed by atoms with Crippen molar-refractivity contribution in [3.8, 4) is 0 Å². The maximum Gasteiger partial charge on any atom is 0.416 e. The van der Waals surface area contributed by atoms with Gasteiger partial charge in [-0.3, -0.25) is 14.6 Å². The van der Waals surface area contributed by atoms with Gasteiger partial charge in [-0.2, -0.15) is 13.2 Å². The lowest BCUT2D eigenvalue weighted by Crippen LogP contribution is -2.41. The quantitative estimate of drug-likeness (QED) is 0.576. The van der Waals surface area contributed by atoms with Crippen LogP contribution in [0.4, 0.5) is 13.2 Å². The Hall–Kier alpha value is -2.43. The first kappa shape index (κ1) is 25.2. The molecule has 3 rings (SSSR count). The minimum absolute atomic E-state index is 0.0806. The number of carbonyl (C=O) groups is 1. The maximum atomic E-state index is 13.5. The maximum absolute atomic E-state index is 13.5. The second kappa shape index (κ2) is 11.6. The molecular weight excluding hydrogens is 437 g/mol. The van der Waals surface area contributed by atoms with Gasteiger partial charge in [-0.25, -0.2) is 4.98 Å². The van der Waals surface area contributed by atoms with E-state index in [1.165, 1.54) is 18.4 Å². The highest BCUT2D eigenvalue weighted by atomic mass is 19.4. The molecule has 0 unspecified atom stereocenters. The summed E-state index contributed by atoms with van der Waals surface area (Å²) in [4.78, 5) is 20.6. The first-order chi connectivity index (χ1) is 15.7. The number of hydrogen-bond donors (Lipinski definition) is 1. The molecule has 0 radical (unpaired) electrons. The molecule has 1 aliphatic heterocycles. The molecule has 1 aromatic heterocycles. The van der Waals surface area contributed by atoms with Crippen LogP contribution in [0.2, 0.25) is 0 Å². The number of oxazole rings is 1. The van der Waals surface area contributed by atoms with E-state index in [0.717, 1.165) is 19.2 Å². The van der Waals surface area contributed by atoms with Gasteiger partial charge in [-0.1, -0.05) is 32.0 Å². The van der Waals surface area contributed by atoms with Crippen LogP contribution in [0.5, 0.6) is 0 Å². The molecule has 0 bridgehead atoms. The molecular formula is C23H31F3N4O3. The summed E-state index contributed by atoms with van der Waals surface area (Å²) in [5.41, 5.74) is -0.301. The van der Waals surface area contributed by atoms with Crippen LogP contribution < -0.4 is 5.32 Å². The fourth-order valence-electron chi connectivity index (χ4n) is 3.56. The summed E-state index contributed by atoms with van der Waals surface area (Å²) in [5, 5.41) is 2.78. The molecule has 0 saturated carbocycles. The lowest BCUT2D eigenvalue weighted by atomic mass is 10.1. The van der Waals surface area contributed by atoms with Gasteiger partial charge in [-0.05, 0) is 17.5 Å². The van der Waals surface area contributed by atoms with Crippen LogP contribution in [0.1, 0.15) is 41.4 Å². The third-order valence-corrected chi connectivity index (χ3v) is 5.37. The van der Waals surface area contributed by atoms with Crippen molar-refractivity contribution in [3.05, 3.63) is 53.2 Å². The van der Waals surface area contributed by atoms with Crippen LogP contribution in [0.15, 0.2) is 34.9 Å². The predicted molar refractivity (Wildman–Crippen MR) is 116 cm³/mol. The van der Waals surface area contributed by atoms with Crippen LogP contribution >= 0.6 is 0 Å².